The number of unbranched alkanes of at least 4 members (excludes halogenated alkanes) is 15. The van der Waals surface area contributed by atoms with E-state index in [-0.39, 0.29) is 0 Å². The fourth-order valence-electron chi connectivity index (χ4n) is 4.47. The van der Waals surface area contributed by atoms with E-state index in [4.69, 9.17) is 0 Å². The Balaban J connectivity index is 4.64. The summed E-state index contributed by atoms with van der Waals surface area (Å²) in [4.78, 5) is 11.8. The monoisotopic (exact) mass is 428 g/mol. The molecule has 3 heteroatoms. The van der Waals surface area contributed by atoms with Crippen LogP contribution < -0.4 is 0 Å². The van der Waals surface area contributed by atoms with Crippen LogP contribution in [0.25, 0.3) is 0 Å². The number of amides is 1. The van der Waals surface area contributed by atoms with E-state index in [0.29, 0.717) is 0 Å². The molecule has 174 valence electrons. The van der Waals surface area contributed by atoms with Gasteiger partial charge in [0.15, 0.2) is 0 Å². The van der Waals surface area contributed by atoms with Crippen LogP contribution in [0.2, 0.25) is 0 Å². The summed E-state index contributed by atoms with van der Waals surface area (Å²) in [6.07, 6.45) is 29.6. The van der Waals surface area contributed by atoms with Crippen molar-refractivity contribution in [2.45, 2.75) is 136 Å². The first-order valence-corrected chi connectivity index (χ1v) is 15.5. The predicted molar refractivity (Wildman–Crippen MR) is 135 cm³/mol. The summed E-state index contributed by atoms with van der Waals surface area (Å²) in [5, 5.41) is 0. The van der Waals surface area contributed by atoms with Crippen LogP contribution in [0.4, 0.5) is 0 Å². The van der Waals surface area contributed by atoms with E-state index in [2.05, 4.69) is 32.5 Å². The Bertz CT molecular complexity index is 307. The first-order valence-electron chi connectivity index (χ1n) is 13.2. The molecule has 29 heavy (non-hydrogen) atoms. The van der Waals surface area contributed by atoms with E-state index in [1.54, 1.807) is 0 Å². The fraction of sp³-hybridized carbons (Fsp3) is 0.962. The lowest BCUT2D eigenvalue weighted by Gasteiger charge is -2.33. The fourth-order valence-corrected chi connectivity index (χ4v) is 8.72. The lowest BCUT2D eigenvalue weighted by Crippen LogP contribution is -2.26. The quantitative estimate of drug-likeness (QED) is 0.0902. The first-order chi connectivity index (χ1) is 14.2. The normalized spacial score (nSPS) is 11.7. The van der Waals surface area contributed by atoms with Gasteiger partial charge in [-0.3, -0.25) is 4.79 Å². The van der Waals surface area contributed by atoms with Crippen molar-refractivity contribution in [3.8, 4) is 0 Å². The molecule has 0 aromatic heterocycles. The highest BCUT2D eigenvalue weighted by molar-refractivity contribution is 7.74. The summed E-state index contributed by atoms with van der Waals surface area (Å²) >= 11 is 0. The molecule has 0 aromatic rings. The van der Waals surface area contributed by atoms with Crippen molar-refractivity contribution in [3.05, 3.63) is 0 Å². The third-order valence-corrected chi connectivity index (χ3v) is 11.5. The topological polar surface area (TPSA) is 20.3 Å². The summed E-state index contributed by atoms with van der Waals surface area (Å²) in [5.41, 5.74) is 0. The maximum atomic E-state index is 11.8. The molecule has 0 unspecified atom stereocenters. The molecule has 0 atom stereocenters. The highest BCUT2D eigenvalue weighted by atomic mass is 31.2. The third-order valence-electron chi connectivity index (χ3n) is 6.61. The number of hydrogen-bond acceptors (Lipinski definition) is 1. The lowest BCUT2D eigenvalue weighted by molar-refractivity contribution is -0.113. The van der Waals surface area contributed by atoms with Crippen LogP contribution in [0.3, 0.4) is 0 Å². The first kappa shape index (κ1) is 28.9. The number of nitrogens with zero attached hydrogens (tertiary/aromatic N) is 1. The molecule has 0 heterocycles. The molecule has 0 aliphatic heterocycles. The Morgan fingerprint density at radius 2 is 0.793 bits per heavy atom. The maximum absolute atomic E-state index is 11.8. The molecule has 0 aliphatic rings. The Labute approximate surface area is 185 Å². The van der Waals surface area contributed by atoms with E-state index >= 15 is 0 Å². The molecule has 0 spiro atoms. The molecule has 0 saturated carbocycles. The van der Waals surface area contributed by atoms with Gasteiger partial charge in [0.05, 0.1) is 18.5 Å². The van der Waals surface area contributed by atoms with Gasteiger partial charge in [-0.2, -0.15) is 0 Å². The summed E-state index contributed by atoms with van der Waals surface area (Å²) in [5.74, 6) is 0. The lowest BCUT2D eigenvalue weighted by atomic mass is 10.1. The largest absolute Gasteiger partial charge is 0.275 e. The van der Waals surface area contributed by atoms with Crippen molar-refractivity contribution in [2.24, 2.45) is 0 Å². The average Bonchev–Trinajstić information content (AvgIpc) is 2.74. The molecule has 2 nitrogen and oxygen atoms in total. The number of carbonyl (C=O) groups excluding carboxylic acids is 1. The molecular formula is C26H55NOP+. The van der Waals surface area contributed by atoms with E-state index < -0.39 is 7.41 Å². The summed E-state index contributed by atoms with van der Waals surface area (Å²) in [6, 6.07) is 0. The Hall–Kier alpha value is -0.100. The van der Waals surface area contributed by atoms with Crippen molar-refractivity contribution >= 4 is 13.8 Å². The minimum Gasteiger partial charge on any atom is -0.275 e. The molecule has 0 radical (unpaired) electrons. The van der Waals surface area contributed by atoms with E-state index in [1.807, 2.05) is 0 Å². The molecule has 1 amide bonds. The molecule has 0 aliphatic carbocycles. The number of rotatable bonds is 23. The Kier molecular flexibility index (Phi) is 21.1. The van der Waals surface area contributed by atoms with Gasteiger partial charge in [0.2, 0.25) is 6.41 Å². The zero-order chi connectivity index (χ0) is 21.6. The van der Waals surface area contributed by atoms with Crippen LogP contribution in [-0.2, 0) is 4.79 Å². The highest BCUT2D eigenvalue weighted by Crippen LogP contribution is 2.62. The van der Waals surface area contributed by atoms with Crippen molar-refractivity contribution in [1.29, 1.82) is 0 Å². The summed E-state index contributed by atoms with van der Waals surface area (Å²) in [7, 11) is 0.815. The smallest absolute Gasteiger partial charge is 0.240 e. The molecule has 0 aromatic carbocycles. The van der Waals surface area contributed by atoms with Crippen molar-refractivity contribution in [1.82, 2.24) is 4.67 Å². The van der Waals surface area contributed by atoms with Gasteiger partial charge < -0.3 is 0 Å². The second kappa shape index (κ2) is 21.1. The molecular weight excluding hydrogens is 373 g/mol. The van der Waals surface area contributed by atoms with Crippen LogP contribution in [0.1, 0.15) is 136 Å². The summed E-state index contributed by atoms with van der Waals surface area (Å²) < 4.78 is 2.18. The molecule has 0 fully saturated rings. The van der Waals surface area contributed by atoms with E-state index in [9.17, 15) is 4.79 Å². The average molecular weight is 429 g/mol. The SMILES string of the molecule is CCCCCCCC[P+](CCCCCCCC)(CCCCCCCC)N(C)C=O. The second-order valence-electron chi connectivity index (χ2n) is 9.25. The van der Waals surface area contributed by atoms with Gasteiger partial charge in [0.25, 0.3) is 0 Å². The minimum absolute atomic E-state index is 1.17. The van der Waals surface area contributed by atoms with Gasteiger partial charge in [-0.15, -0.1) is 0 Å². The van der Waals surface area contributed by atoms with Crippen LogP contribution >= 0.6 is 7.41 Å². The Morgan fingerprint density at radius 1 is 0.517 bits per heavy atom. The predicted octanol–water partition coefficient (Wildman–Crippen LogP) is 9.09. The third kappa shape index (κ3) is 15.4. The zero-order valence-corrected chi connectivity index (χ0v) is 21.6. The second-order valence-corrected chi connectivity index (χ2v) is 13.4. The number of carbonyl (C=O) groups is 1. The van der Waals surface area contributed by atoms with Crippen LogP contribution in [-0.4, -0.2) is 36.6 Å². The summed E-state index contributed by atoms with van der Waals surface area (Å²) in [6.45, 7) is 6.86. The van der Waals surface area contributed by atoms with Crippen LogP contribution in [0, 0.1) is 0 Å². The van der Waals surface area contributed by atoms with Gasteiger partial charge in [-0.1, -0.05) is 97.8 Å². The van der Waals surface area contributed by atoms with Crippen molar-refractivity contribution < 1.29 is 4.79 Å². The molecule has 0 saturated heterocycles. The van der Waals surface area contributed by atoms with Crippen molar-refractivity contribution in [2.75, 3.05) is 25.5 Å². The van der Waals surface area contributed by atoms with Gasteiger partial charge in [0, 0.05) is 7.05 Å². The van der Waals surface area contributed by atoms with Crippen LogP contribution in [0.15, 0.2) is 0 Å². The molecule has 0 rings (SSSR count). The van der Waals surface area contributed by atoms with Gasteiger partial charge in [-0.05, 0) is 38.5 Å². The van der Waals surface area contributed by atoms with Gasteiger partial charge in [-0.25, -0.2) is 4.67 Å². The van der Waals surface area contributed by atoms with Crippen molar-refractivity contribution in [3.63, 3.8) is 0 Å². The van der Waals surface area contributed by atoms with Crippen LogP contribution in [0.5, 0.6) is 0 Å². The minimum atomic E-state index is -1.29. The highest BCUT2D eigenvalue weighted by Gasteiger charge is 2.40. The van der Waals surface area contributed by atoms with E-state index in [0.717, 1.165) is 0 Å². The zero-order valence-electron chi connectivity index (χ0n) is 20.7. The maximum Gasteiger partial charge on any atom is 0.240 e. The molecule has 0 bridgehead atoms. The number of hydrogen-bond donors (Lipinski definition) is 0. The molecule has 0 N–H and O–H groups in total. The Morgan fingerprint density at radius 3 is 1.07 bits per heavy atom. The van der Waals surface area contributed by atoms with Gasteiger partial charge >= 0.3 is 0 Å². The van der Waals surface area contributed by atoms with E-state index in [1.165, 1.54) is 140 Å². The standard InChI is InChI=1S/C26H55NOP/c1-5-8-11-14-17-20-23-29(27(4)26-28,24-21-18-15-12-9-6-2)25-22-19-16-13-10-7-3/h26H,5-25H2,1-4H3/q+1. The van der Waals surface area contributed by atoms with Gasteiger partial charge in [0.1, 0.15) is 7.41 Å².